The number of nitrogens with zero attached hydrogens (tertiary/aromatic N) is 3. The Morgan fingerprint density at radius 3 is 2.78 bits per heavy atom. The molecule has 1 aliphatic rings. The largest absolute Gasteiger partial charge is 0.489 e. The average molecular weight is 435 g/mol. The first-order valence-corrected chi connectivity index (χ1v) is 10.5. The number of hydrogen-bond donors (Lipinski definition) is 0. The van der Waals surface area contributed by atoms with E-state index in [2.05, 4.69) is 9.95 Å². The van der Waals surface area contributed by atoms with Crippen molar-refractivity contribution in [3.8, 4) is 5.75 Å². The van der Waals surface area contributed by atoms with E-state index in [-0.39, 0.29) is 19.4 Å². The van der Waals surface area contributed by atoms with Gasteiger partial charge in [-0.3, -0.25) is 9.59 Å². The highest BCUT2D eigenvalue weighted by molar-refractivity contribution is 6.31. The Morgan fingerprint density at radius 1 is 1.22 bits per heavy atom. The fraction of sp³-hybridized carbons (Fsp3) is 0.333. The minimum atomic E-state index is -1.61. The molecule has 1 atom stereocenters. The third kappa shape index (κ3) is 5.89. The number of carbonyl (C=O) groups is 2. The molecule has 0 N–H and O–H groups in total. The molecule has 0 saturated heterocycles. The van der Waals surface area contributed by atoms with Crippen LogP contribution in [0.5, 0.6) is 5.75 Å². The van der Waals surface area contributed by atoms with E-state index in [1.165, 1.54) is 0 Å². The Hall–Kier alpha value is -3.77. The highest BCUT2D eigenvalue weighted by Crippen LogP contribution is 2.32. The van der Waals surface area contributed by atoms with Gasteiger partial charge in [0.2, 0.25) is 5.60 Å². The lowest BCUT2D eigenvalue weighted by Gasteiger charge is -2.20. The summed E-state index contributed by atoms with van der Waals surface area (Å²) in [6.45, 7) is 2.66. The van der Waals surface area contributed by atoms with Crippen LogP contribution in [0.15, 0.2) is 59.8 Å². The van der Waals surface area contributed by atoms with Crippen LogP contribution in [0.1, 0.15) is 43.7 Å². The summed E-state index contributed by atoms with van der Waals surface area (Å²) in [6, 6.07) is 17.0. The van der Waals surface area contributed by atoms with Crippen LogP contribution in [-0.4, -0.2) is 40.7 Å². The minimum absolute atomic E-state index is 0.0306. The van der Waals surface area contributed by atoms with E-state index in [0.717, 1.165) is 24.6 Å². The van der Waals surface area contributed by atoms with Crippen molar-refractivity contribution in [2.24, 2.45) is 5.16 Å². The number of carbonyl (C=O) groups excluding carboxylic acids is 2. The standard InChI is InChI=1S/C24H25N3O5/c1-2-3-12-30-23(29)15-24(22(28)16-26-25)14-21(27-32-24)19-10-7-11-20(13-19)31-17-18-8-5-4-6-9-18/h4-11,13,16H,2-3,12,14-15,17H2,1H3. The number of hydrogen-bond acceptors (Lipinski definition) is 6. The van der Waals surface area contributed by atoms with Crippen LogP contribution >= 0.6 is 0 Å². The van der Waals surface area contributed by atoms with Crippen LogP contribution in [0.2, 0.25) is 0 Å². The van der Waals surface area contributed by atoms with Gasteiger partial charge in [0.05, 0.1) is 18.7 Å². The first-order valence-electron chi connectivity index (χ1n) is 10.5. The third-order valence-electron chi connectivity index (χ3n) is 5.01. The van der Waals surface area contributed by atoms with Crippen molar-refractivity contribution in [1.29, 1.82) is 0 Å². The molecule has 2 aromatic rings. The monoisotopic (exact) mass is 435 g/mol. The van der Waals surface area contributed by atoms with Crippen molar-refractivity contribution in [2.75, 3.05) is 6.61 Å². The Labute approximate surface area is 186 Å². The summed E-state index contributed by atoms with van der Waals surface area (Å²) < 4.78 is 11.0. The Bertz CT molecular complexity index is 1030. The summed E-state index contributed by atoms with van der Waals surface area (Å²) >= 11 is 0. The number of esters is 1. The van der Waals surface area contributed by atoms with Crippen LogP contribution in [0.3, 0.4) is 0 Å². The van der Waals surface area contributed by atoms with Crippen molar-refractivity contribution in [1.82, 2.24) is 0 Å². The van der Waals surface area contributed by atoms with E-state index in [1.54, 1.807) is 6.07 Å². The molecule has 0 fully saturated rings. The highest BCUT2D eigenvalue weighted by Gasteiger charge is 2.50. The first kappa shape index (κ1) is 22.9. The van der Waals surface area contributed by atoms with E-state index in [1.807, 2.05) is 55.5 Å². The number of ketones is 1. The predicted octanol–water partition coefficient (Wildman–Crippen LogP) is 3.73. The van der Waals surface area contributed by atoms with Crippen molar-refractivity contribution >= 4 is 23.7 Å². The van der Waals surface area contributed by atoms with Crippen LogP contribution in [0.4, 0.5) is 0 Å². The lowest BCUT2D eigenvalue weighted by atomic mass is 9.87. The molecule has 0 aliphatic carbocycles. The first-order chi connectivity index (χ1) is 15.6. The second-order valence-electron chi connectivity index (χ2n) is 7.46. The van der Waals surface area contributed by atoms with Crippen LogP contribution in [0, 0.1) is 0 Å². The Balaban J connectivity index is 1.71. The smallest absolute Gasteiger partial charge is 0.327 e. The van der Waals surface area contributed by atoms with Gasteiger partial charge in [0.25, 0.3) is 5.78 Å². The Morgan fingerprint density at radius 2 is 2.03 bits per heavy atom. The highest BCUT2D eigenvalue weighted by atomic mass is 16.7. The number of ether oxygens (including phenoxy) is 2. The fourth-order valence-electron chi connectivity index (χ4n) is 3.24. The fourth-order valence-corrected chi connectivity index (χ4v) is 3.24. The van der Waals surface area contributed by atoms with Crippen LogP contribution < -0.4 is 4.74 Å². The minimum Gasteiger partial charge on any atom is -0.489 e. The molecule has 8 heteroatoms. The van der Waals surface area contributed by atoms with E-state index in [0.29, 0.717) is 23.6 Å². The maximum absolute atomic E-state index is 12.6. The molecule has 0 aromatic heterocycles. The van der Waals surface area contributed by atoms with Gasteiger partial charge in [0.1, 0.15) is 12.4 Å². The zero-order valence-corrected chi connectivity index (χ0v) is 17.9. The normalized spacial score (nSPS) is 17.0. The molecule has 0 saturated carbocycles. The third-order valence-corrected chi connectivity index (χ3v) is 5.01. The average Bonchev–Trinajstić information content (AvgIpc) is 3.24. The summed E-state index contributed by atoms with van der Waals surface area (Å²) in [7, 11) is 0. The van der Waals surface area contributed by atoms with Gasteiger partial charge in [-0.15, -0.1) is 0 Å². The lowest BCUT2D eigenvalue weighted by Crippen LogP contribution is -2.42. The van der Waals surface area contributed by atoms with Crippen LogP contribution in [0.25, 0.3) is 5.53 Å². The molecule has 8 nitrogen and oxygen atoms in total. The van der Waals surface area contributed by atoms with Crippen molar-refractivity contribution in [3.63, 3.8) is 0 Å². The van der Waals surface area contributed by atoms with Gasteiger partial charge < -0.3 is 19.8 Å². The molecule has 2 aromatic carbocycles. The quantitative estimate of drug-likeness (QED) is 0.176. The summed E-state index contributed by atoms with van der Waals surface area (Å²) in [5.41, 5.74) is 9.43. The molecule has 1 unspecified atom stereocenters. The SMILES string of the molecule is CCCCOC(=O)CC1(C(=O)C=[N+]=[N-])CC(c2cccc(OCc3ccccc3)c2)=NO1. The molecular formula is C24H25N3O5. The maximum atomic E-state index is 12.6. The second kappa shape index (κ2) is 11.0. The molecule has 166 valence electrons. The van der Waals surface area contributed by atoms with Crippen LogP contribution in [-0.2, 0) is 25.8 Å². The zero-order chi connectivity index (χ0) is 22.8. The summed E-state index contributed by atoms with van der Waals surface area (Å²) in [5, 5.41) is 4.06. The number of benzene rings is 2. The van der Waals surface area contributed by atoms with Crippen molar-refractivity contribution < 1.29 is 28.7 Å². The van der Waals surface area contributed by atoms with Gasteiger partial charge in [-0.05, 0) is 24.1 Å². The number of Topliss-reactive ketones (excluding diaryl/α,β-unsaturated/α-hetero) is 1. The van der Waals surface area contributed by atoms with Gasteiger partial charge >= 0.3 is 12.2 Å². The van der Waals surface area contributed by atoms with Crippen molar-refractivity contribution in [3.05, 3.63) is 71.3 Å². The van der Waals surface area contributed by atoms with Gasteiger partial charge in [-0.2, -0.15) is 4.79 Å². The molecule has 32 heavy (non-hydrogen) atoms. The molecule has 0 spiro atoms. The van der Waals surface area contributed by atoms with E-state index < -0.39 is 17.4 Å². The lowest BCUT2D eigenvalue weighted by molar-refractivity contribution is -0.156. The number of unbranched alkanes of at least 4 members (excludes halogenated alkanes) is 1. The summed E-state index contributed by atoms with van der Waals surface area (Å²) in [6.07, 6.45) is 2.02. The van der Waals surface area contributed by atoms with Gasteiger partial charge in [0, 0.05) is 12.0 Å². The molecule has 0 amide bonds. The summed E-state index contributed by atoms with van der Waals surface area (Å²) in [5.74, 6) is -0.606. The van der Waals surface area contributed by atoms with Gasteiger partial charge in [0.15, 0.2) is 0 Å². The van der Waals surface area contributed by atoms with E-state index >= 15 is 0 Å². The maximum Gasteiger partial charge on any atom is 0.327 e. The molecule has 1 heterocycles. The van der Waals surface area contributed by atoms with Crippen molar-refractivity contribution in [2.45, 2.75) is 44.8 Å². The Kier molecular flexibility index (Phi) is 7.89. The molecule has 0 bridgehead atoms. The topological polar surface area (TPSA) is 111 Å². The number of oxime groups is 1. The summed E-state index contributed by atoms with van der Waals surface area (Å²) in [4.78, 5) is 33.1. The molecule has 3 rings (SSSR count). The second-order valence-corrected chi connectivity index (χ2v) is 7.46. The van der Waals surface area contributed by atoms with Gasteiger partial charge in [-0.1, -0.05) is 61.0 Å². The number of rotatable bonds is 11. The zero-order valence-electron chi connectivity index (χ0n) is 17.9. The predicted molar refractivity (Wildman–Crippen MR) is 117 cm³/mol. The molecule has 1 aliphatic heterocycles. The van der Waals surface area contributed by atoms with E-state index in [4.69, 9.17) is 19.8 Å². The van der Waals surface area contributed by atoms with E-state index in [9.17, 15) is 9.59 Å². The van der Waals surface area contributed by atoms with Gasteiger partial charge in [-0.25, -0.2) is 0 Å². The molecule has 0 radical (unpaired) electrons. The molecular weight excluding hydrogens is 410 g/mol.